The number of aliphatic imine (C=N–C) groups is 1. The zero-order valence-corrected chi connectivity index (χ0v) is 19.7. The van der Waals surface area contributed by atoms with Crippen LogP contribution in [0.5, 0.6) is 0 Å². The fraction of sp³-hybridized carbons (Fsp3) is 0.636. The topological polar surface area (TPSA) is 47.9 Å². The van der Waals surface area contributed by atoms with E-state index in [1.165, 1.54) is 38.5 Å². The Kier molecular flexibility index (Phi) is 9.05. The van der Waals surface area contributed by atoms with Gasteiger partial charge in [-0.1, -0.05) is 49.6 Å². The molecule has 1 aromatic carbocycles. The molecule has 1 saturated heterocycles. The van der Waals surface area contributed by atoms with Crippen molar-refractivity contribution in [2.24, 2.45) is 10.4 Å². The van der Waals surface area contributed by atoms with Crippen LogP contribution in [0.4, 0.5) is 0 Å². The van der Waals surface area contributed by atoms with Crippen LogP contribution in [0.15, 0.2) is 35.3 Å². The standard InChI is InChI=1S/C22H34N4O.HI/c1-23-21(26-16-14-22(18-26)12-7-4-8-13-22)24-15-11-20(27)25(2)17-19-9-5-3-6-10-19;/h3,5-6,9-10H,4,7-8,11-18H2,1-2H3,(H,23,24);1H. The smallest absolute Gasteiger partial charge is 0.224 e. The molecule has 1 aliphatic heterocycles. The molecular weight excluding hydrogens is 463 g/mol. The summed E-state index contributed by atoms with van der Waals surface area (Å²) in [5.74, 6) is 1.11. The lowest BCUT2D eigenvalue weighted by molar-refractivity contribution is -0.130. The van der Waals surface area contributed by atoms with Gasteiger partial charge in [-0.2, -0.15) is 0 Å². The quantitative estimate of drug-likeness (QED) is 0.381. The van der Waals surface area contributed by atoms with Crippen LogP contribution in [-0.2, 0) is 11.3 Å². The van der Waals surface area contributed by atoms with E-state index in [0.717, 1.165) is 24.6 Å². The minimum absolute atomic E-state index is 0. The van der Waals surface area contributed by atoms with Gasteiger partial charge < -0.3 is 15.1 Å². The fourth-order valence-electron chi connectivity index (χ4n) is 4.58. The summed E-state index contributed by atoms with van der Waals surface area (Å²) in [6, 6.07) is 10.1. The lowest BCUT2D eigenvalue weighted by atomic mass is 9.73. The van der Waals surface area contributed by atoms with Gasteiger partial charge in [-0.05, 0) is 30.2 Å². The predicted octanol–water partition coefficient (Wildman–Crippen LogP) is 3.88. The molecule has 2 aliphatic rings. The number of nitrogens with zero attached hydrogens (tertiary/aromatic N) is 3. The Bertz CT molecular complexity index is 643. The second-order valence-corrected chi connectivity index (χ2v) is 8.19. The van der Waals surface area contributed by atoms with Crippen molar-refractivity contribution in [1.29, 1.82) is 0 Å². The second-order valence-electron chi connectivity index (χ2n) is 8.19. The Morgan fingerprint density at radius 1 is 1.18 bits per heavy atom. The van der Waals surface area contributed by atoms with Gasteiger partial charge in [0.2, 0.25) is 5.91 Å². The van der Waals surface area contributed by atoms with E-state index in [1.807, 2.05) is 32.3 Å². The lowest BCUT2D eigenvalue weighted by Gasteiger charge is -2.33. The molecule has 1 aliphatic carbocycles. The van der Waals surface area contributed by atoms with Crippen molar-refractivity contribution in [3.8, 4) is 0 Å². The summed E-state index contributed by atoms with van der Waals surface area (Å²) >= 11 is 0. The van der Waals surface area contributed by atoms with Gasteiger partial charge in [0.15, 0.2) is 5.96 Å². The van der Waals surface area contributed by atoms with Crippen LogP contribution in [0.1, 0.15) is 50.5 Å². The molecule has 1 amide bonds. The molecule has 5 nitrogen and oxygen atoms in total. The molecule has 3 rings (SSSR count). The average Bonchev–Trinajstić information content (AvgIpc) is 3.09. The molecule has 0 bridgehead atoms. The Morgan fingerprint density at radius 2 is 1.89 bits per heavy atom. The monoisotopic (exact) mass is 498 g/mol. The fourth-order valence-corrected chi connectivity index (χ4v) is 4.58. The zero-order valence-electron chi connectivity index (χ0n) is 17.3. The maximum atomic E-state index is 12.4. The third kappa shape index (κ3) is 6.09. The van der Waals surface area contributed by atoms with Gasteiger partial charge in [0.25, 0.3) is 0 Å². The van der Waals surface area contributed by atoms with Crippen LogP contribution in [0.3, 0.4) is 0 Å². The number of hydrogen-bond acceptors (Lipinski definition) is 2. The van der Waals surface area contributed by atoms with Gasteiger partial charge in [0, 0.05) is 46.7 Å². The predicted molar refractivity (Wildman–Crippen MR) is 126 cm³/mol. The van der Waals surface area contributed by atoms with Crippen LogP contribution in [0.2, 0.25) is 0 Å². The maximum absolute atomic E-state index is 12.4. The highest BCUT2D eigenvalue weighted by molar-refractivity contribution is 14.0. The minimum atomic E-state index is 0. The molecule has 28 heavy (non-hydrogen) atoms. The van der Waals surface area contributed by atoms with Crippen molar-refractivity contribution >= 4 is 35.8 Å². The molecular formula is C22H35IN4O. The summed E-state index contributed by atoms with van der Waals surface area (Å²) in [4.78, 5) is 21.1. The first kappa shape index (κ1) is 23.0. The molecule has 1 N–H and O–H groups in total. The van der Waals surface area contributed by atoms with Gasteiger partial charge in [0.05, 0.1) is 0 Å². The number of carbonyl (C=O) groups excluding carboxylic acids is 1. The summed E-state index contributed by atoms with van der Waals surface area (Å²) in [5.41, 5.74) is 1.67. The Labute approximate surface area is 187 Å². The first-order chi connectivity index (χ1) is 13.1. The molecule has 6 heteroatoms. The Balaban J connectivity index is 0.00000280. The van der Waals surface area contributed by atoms with Crippen LogP contribution >= 0.6 is 24.0 Å². The molecule has 156 valence electrons. The molecule has 1 heterocycles. The van der Waals surface area contributed by atoms with E-state index >= 15 is 0 Å². The van der Waals surface area contributed by atoms with E-state index in [9.17, 15) is 4.79 Å². The zero-order chi connectivity index (χ0) is 19.1. The Morgan fingerprint density at radius 3 is 2.57 bits per heavy atom. The SMILES string of the molecule is CN=C(NCCC(=O)N(C)Cc1ccccc1)N1CCC2(CCCCC2)C1.I. The third-order valence-electron chi connectivity index (χ3n) is 6.17. The number of likely N-dealkylation sites (tertiary alicyclic amines) is 1. The van der Waals surface area contributed by atoms with E-state index in [1.54, 1.807) is 4.90 Å². The normalized spacial score (nSPS) is 18.6. The molecule has 0 atom stereocenters. The number of hydrogen-bond donors (Lipinski definition) is 1. The van der Waals surface area contributed by atoms with Gasteiger partial charge in [-0.25, -0.2) is 0 Å². The maximum Gasteiger partial charge on any atom is 0.224 e. The van der Waals surface area contributed by atoms with Crippen LogP contribution < -0.4 is 5.32 Å². The van der Waals surface area contributed by atoms with Crippen molar-refractivity contribution in [1.82, 2.24) is 15.1 Å². The van der Waals surface area contributed by atoms with Crippen LogP contribution in [0, 0.1) is 5.41 Å². The van der Waals surface area contributed by atoms with Gasteiger partial charge >= 0.3 is 0 Å². The third-order valence-corrected chi connectivity index (χ3v) is 6.17. The lowest BCUT2D eigenvalue weighted by Crippen LogP contribution is -2.42. The largest absolute Gasteiger partial charge is 0.356 e. The van der Waals surface area contributed by atoms with Gasteiger partial charge in [-0.15, -0.1) is 24.0 Å². The van der Waals surface area contributed by atoms with Gasteiger partial charge in [0.1, 0.15) is 0 Å². The highest BCUT2D eigenvalue weighted by Gasteiger charge is 2.39. The molecule has 1 saturated carbocycles. The van der Waals surface area contributed by atoms with Crippen molar-refractivity contribution in [2.45, 2.75) is 51.5 Å². The molecule has 0 radical (unpaired) electrons. The Hall–Kier alpha value is -1.31. The number of halogens is 1. The highest BCUT2D eigenvalue weighted by atomic mass is 127. The number of benzene rings is 1. The summed E-state index contributed by atoms with van der Waals surface area (Å²) in [5, 5.41) is 3.41. The summed E-state index contributed by atoms with van der Waals surface area (Å²) in [6.07, 6.45) is 8.65. The van der Waals surface area contributed by atoms with Gasteiger partial charge in [-0.3, -0.25) is 9.79 Å². The second kappa shape index (κ2) is 11.0. The average molecular weight is 498 g/mol. The van der Waals surface area contributed by atoms with E-state index in [4.69, 9.17) is 0 Å². The van der Waals surface area contributed by atoms with Crippen molar-refractivity contribution in [3.05, 3.63) is 35.9 Å². The van der Waals surface area contributed by atoms with Crippen molar-refractivity contribution in [2.75, 3.05) is 33.7 Å². The first-order valence-electron chi connectivity index (χ1n) is 10.4. The number of guanidine groups is 1. The van der Waals surface area contributed by atoms with E-state index < -0.39 is 0 Å². The number of nitrogens with one attached hydrogen (secondary N) is 1. The van der Waals surface area contributed by atoms with E-state index in [0.29, 0.717) is 24.9 Å². The first-order valence-corrected chi connectivity index (χ1v) is 10.4. The highest BCUT2D eigenvalue weighted by Crippen LogP contribution is 2.43. The number of rotatable bonds is 5. The van der Waals surface area contributed by atoms with Crippen molar-refractivity contribution in [3.63, 3.8) is 0 Å². The van der Waals surface area contributed by atoms with Crippen molar-refractivity contribution < 1.29 is 4.79 Å². The molecule has 0 aromatic heterocycles. The van der Waals surface area contributed by atoms with E-state index in [2.05, 4.69) is 27.3 Å². The molecule has 2 fully saturated rings. The molecule has 1 spiro atoms. The number of carbonyl (C=O) groups is 1. The summed E-state index contributed by atoms with van der Waals surface area (Å²) < 4.78 is 0. The van der Waals surface area contributed by atoms with Crippen LogP contribution in [0.25, 0.3) is 0 Å². The molecule has 1 aromatic rings. The summed E-state index contributed by atoms with van der Waals surface area (Å²) in [7, 11) is 3.72. The summed E-state index contributed by atoms with van der Waals surface area (Å²) in [6.45, 7) is 3.49. The molecule has 0 unspecified atom stereocenters. The number of amides is 1. The minimum Gasteiger partial charge on any atom is -0.356 e. The van der Waals surface area contributed by atoms with Crippen LogP contribution in [-0.4, -0.2) is 55.4 Å². The van der Waals surface area contributed by atoms with E-state index in [-0.39, 0.29) is 29.9 Å².